The summed E-state index contributed by atoms with van der Waals surface area (Å²) in [4.78, 5) is 44.3. The molecule has 0 heterocycles. The van der Waals surface area contributed by atoms with E-state index in [2.05, 4.69) is 13.8 Å². The lowest BCUT2D eigenvalue weighted by Crippen LogP contribution is -2.10. The normalized spacial score (nSPS) is 11.0. The van der Waals surface area contributed by atoms with Crippen molar-refractivity contribution in [2.75, 3.05) is 26.4 Å². The summed E-state index contributed by atoms with van der Waals surface area (Å²) >= 11 is 0. The second kappa shape index (κ2) is 16.0. The monoisotopic (exact) mass is 466 g/mol. The molecule has 1 rings (SSSR count). The first-order valence-electron chi connectivity index (χ1n) is 11.3. The molecule has 0 N–H and O–H groups in total. The smallest absolute Gasteiger partial charge is 0.279 e. The largest absolute Gasteiger partial charge is 0.381 e. The molecule has 0 unspecified atom stereocenters. The number of carbonyl (C=O) groups excluding carboxylic acids is 2. The summed E-state index contributed by atoms with van der Waals surface area (Å²) in [6.45, 7) is 6.17. The van der Waals surface area contributed by atoms with Crippen molar-refractivity contribution in [3.8, 4) is 0 Å². The van der Waals surface area contributed by atoms with E-state index in [9.17, 15) is 29.8 Å². The quantitative estimate of drug-likeness (QED) is 0.125. The summed E-state index contributed by atoms with van der Waals surface area (Å²) in [5.74, 6) is 0.411. The number of non-ortho nitro benzene ring substituents is 1. The number of ether oxygens (including phenoxy) is 2. The van der Waals surface area contributed by atoms with Gasteiger partial charge in [-0.2, -0.15) is 0 Å². The maximum Gasteiger partial charge on any atom is 0.279 e. The van der Waals surface area contributed by atoms with Gasteiger partial charge in [0.2, 0.25) is 0 Å². The van der Waals surface area contributed by atoms with Gasteiger partial charge in [-0.15, -0.1) is 0 Å². The Morgan fingerprint density at radius 1 is 0.879 bits per heavy atom. The number of hydrogen-bond acceptors (Lipinski definition) is 8. The first kappa shape index (κ1) is 28.3. The molecule has 184 valence electrons. The summed E-state index contributed by atoms with van der Waals surface area (Å²) in [5.41, 5.74) is -0.186. The van der Waals surface area contributed by atoms with Crippen LogP contribution in [-0.2, 0) is 25.5 Å². The number of ketones is 2. The van der Waals surface area contributed by atoms with Crippen LogP contribution < -0.4 is 0 Å². The summed E-state index contributed by atoms with van der Waals surface area (Å²) in [6, 6.07) is 3.60. The van der Waals surface area contributed by atoms with Crippen molar-refractivity contribution in [1.82, 2.24) is 0 Å². The molecule has 0 spiro atoms. The summed E-state index contributed by atoms with van der Waals surface area (Å²) < 4.78 is 10.9. The number of nitro groups is 2. The summed E-state index contributed by atoms with van der Waals surface area (Å²) in [5, 5.41) is 21.9. The van der Waals surface area contributed by atoms with Gasteiger partial charge < -0.3 is 9.47 Å². The van der Waals surface area contributed by atoms with Crippen molar-refractivity contribution < 1.29 is 28.9 Å². The molecule has 0 radical (unpaired) electrons. The maximum absolute atomic E-state index is 11.9. The molecule has 0 saturated heterocycles. The number of benzene rings is 1. The maximum atomic E-state index is 11.9. The molecule has 0 aliphatic heterocycles. The van der Waals surface area contributed by atoms with E-state index in [4.69, 9.17) is 9.47 Å². The zero-order chi connectivity index (χ0) is 24.6. The molecule has 10 nitrogen and oxygen atoms in total. The van der Waals surface area contributed by atoms with E-state index in [0.29, 0.717) is 70.0 Å². The van der Waals surface area contributed by atoms with Crippen LogP contribution in [0.4, 0.5) is 11.4 Å². The molecule has 33 heavy (non-hydrogen) atoms. The minimum atomic E-state index is -0.668. The standard InChI is InChI=1S/C23H34N2O8/c1-18(2)11-15-33-14-5-8-22(27)17-21(26)7-4-13-32-12-3-6-19-9-10-20(24(28)29)16-23(19)25(30)31/h9-10,16,18H,3-8,11-15,17H2,1-2H3. The van der Waals surface area contributed by atoms with Crippen LogP contribution in [0.5, 0.6) is 0 Å². The molecule has 0 saturated carbocycles. The number of carbonyl (C=O) groups is 2. The van der Waals surface area contributed by atoms with Crippen LogP contribution in [-0.4, -0.2) is 47.8 Å². The Labute approximate surface area is 193 Å². The van der Waals surface area contributed by atoms with Crippen LogP contribution >= 0.6 is 0 Å². The molecule has 0 bridgehead atoms. The SMILES string of the molecule is CC(C)CCOCCCC(=O)CC(=O)CCCOCCCc1ccc([N+](=O)[O-])cc1[N+](=O)[O-]. The third kappa shape index (κ3) is 12.8. The fourth-order valence-corrected chi connectivity index (χ4v) is 3.07. The van der Waals surface area contributed by atoms with E-state index in [-0.39, 0.29) is 35.8 Å². The van der Waals surface area contributed by atoms with Crippen molar-refractivity contribution in [1.29, 1.82) is 0 Å². The second-order valence-corrected chi connectivity index (χ2v) is 8.30. The Morgan fingerprint density at radius 3 is 2.00 bits per heavy atom. The average molecular weight is 467 g/mol. The average Bonchev–Trinajstić information content (AvgIpc) is 2.75. The number of rotatable bonds is 19. The van der Waals surface area contributed by atoms with E-state index in [1.807, 2.05) is 0 Å². The number of Topliss-reactive ketones (excluding diaryl/α,β-unsaturated/α-hetero) is 2. The molecule has 1 aromatic rings. The third-order valence-electron chi connectivity index (χ3n) is 4.93. The zero-order valence-electron chi connectivity index (χ0n) is 19.5. The third-order valence-corrected chi connectivity index (χ3v) is 4.93. The van der Waals surface area contributed by atoms with Gasteiger partial charge in [0.25, 0.3) is 11.4 Å². The van der Waals surface area contributed by atoms with E-state index in [0.717, 1.165) is 12.5 Å². The number of nitrogens with zero attached hydrogens (tertiary/aromatic N) is 2. The van der Waals surface area contributed by atoms with Gasteiger partial charge in [0.05, 0.1) is 22.3 Å². The second-order valence-electron chi connectivity index (χ2n) is 8.30. The molecule has 0 atom stereocenters. The first-order chi connectivity index (χ1) is 15.7. The fraction of sp³-hybridized carbons (Fsp3) is 0.652. The Kier molecular flexibility index (Phi) is 13.7. The van der Waals surface area contributed by atoms with Gasteiger partial charge in [-0.3, -0.25) is 29.8 Å². The highest BCUT2D eigenvalue weighted by molar-refractivity contribution is 5.98. The van der Waals surface area contributed by atoms with Crippen molar-refractivity contribution in [3.63, 3.8) is 0 Å². The van der Waals surface area contributed by atoms with E-state index in [1.165, 1.54) is 12.1 Å². The molecular weight excluding hydrogens is 432 g/mol. The molecule has 10 heteroatoms. The minimum absolute atomic E-state index is 0.0597. The van der Waals surface area contributed by atoms with Crippen molar-refractivity contribution in [3.05, 3.63) is 44.0 Å². The molecule has 0 fully saturated rings. The minimum Gasteiger partial charge on any atom is -0.381 e. The predicted molar refractivity (Wildman–Crippen MR) is 122 cm³/mol. The molecule has 1 aromatic carbocycles. The van der Waals surface area contributed by atoms with Crippen molar-refractivity contribution in [2.45, 2.75) is 65.2 Å². The Hall–Kier alpha value is -2.72. The van der Waals surface area contributed by atoms with Crippen LogP contribution in [0.25, 0.3) is 0 Å². The highest BCUT2D eigenvalue weighted by Crippen LogP contribution is 2.25. The topological polar surface area (TPSA) is 139 Å². The predicted octanol–water partition coefficient (Wildman–Crippen LogP) is 4.60. The molecule has 0 aliphatic rings. The van der Waals surface area contributed by atoms with Crippen LogP contribution in [0.1, 0.15) is 64.4 Å². The number of aryl methyl sites for hydroxylation is 1. The van der Waals surface area contributed by atoms with Gasteiger partial charge >= 0.3 is 0 Å². The van der Waals surface area contributed by atoms with Crippen LogP contribution in [0.15, 0.2) is 18.2 Å². The van der Waals surface area contributed by atoms with Gasteiger partial charge in [-0.25, -0.2) is 0 Å². The number of nitro benzene ring substituents is 2. The molecule has 0 aromatic heterocycles. The highest BCUT2D eigenvalue weighted by Gasteiger charge is 2.18. The van der Waals surface area contributed by atoms with Gasteiger partial charge in [0.15, 0.2) is 0 Å². The van der Waals surface area contributed by atoms with Crippen LogP contribution in [0, 0.1) is 26.1 Å². The van der Waals surface area contributed by atoms with E-state index in [1.54, 1.807) is 0 Å². The van der Waals surface area contributed by atoms with Gasteiger partial charge in [-0.05, 0) is 44.1 Å². The lowest BCUT2D eigenvalue weighted by molar-refractivity contribution is -0.394. The molecule has 0 aliphatic carbocycles. The first-order valence-corrected chi connectivity index (χ1v) is 11.3. The van der Waals surface area contributed by atoms with Gasteiger partial charge in [0, 0.05) is 50.9 Å². The van der Waals surface area contributed by atoms with Crippen LogP contribution in [0.2, 0.25) is 0 Å². The van der Waals surface area contributed by atoms with E-state index < -0.39 is 9.85 Å². The van der Waals surface area contributed by atoms with Gasteiger partial charge in [-0.1, -0.05) is 13.8 Å². The lowest BCUT2D eigenvalue weighted by atomic mass is 10.1. The Bertz CT molecular complexity index is 795. The fourth-order valence-electron chi connectivity index (χ4n) is 3.07. The van der Waals surface area contributed by atoms with Crippen molar-refractivity contribution >= 4 is 22.9 Å². The van der Waals surface area contributed by atoms with Crippen LogP contribution in [0.3, 0.4) is 0 Å². The summed E-state index contributed by atoms with van der Waals surface area (Å²) in [7, 11) is 0. The number of hydrogen-bond donors (Lipinski definition) is 0. The van der Waals surface area contributed by atoms with Crippen molar-refractivity contribution in [2.24, 2.45) is 5.92 Å². The van der Waals surface area contributed by atoms with Gasteiger partial charge in [0.1, 0.15) is 11.6 Å². The Balaban J connectivity index is 2.13. The Morgan fingerprint density at radius 2 is 1.45 bits per heavy atom. The summed E-state index contributed by atoms with van der Waals surface area (Å²) in [6.07, 6.45) is 3.53. The highest BCUT2D eigenvalue weighted by atomic mass is 16.6. The van der Waals surface area contributed by atoms with E-state index >= 15 is 0 Å². The lowest BCUT2D eigenvalue weighted by Gasteiger charge is -2.06. The zero-order valence-corrected chi connectivity index (χ0v) is 19.5. The molecule has 0 amide bonds. The molecular formula is C23H34N2O8.